The maximum atomic E-state index is 6.20. The number of ether oxygens (including phenoxy) is 2. The molecular formula is C16H32N4O3Si. The Morgan fingerprint density at radius 3 is 2.71 bits per heavy atom. The SMILES string of the molecule is COC1CN(N)C(c2cnn(CCO[Si](C)(C)C(C)(C)C)c2)CO1. The first-order valence-corrected chi connectivity index (χ1v) is 11.4. The van der Waals surface area contributed by atoms with E-state index in [0.717, 1.165) is 12.1 Å². The van der Waals surface area contributed by atoms with Crippen molar-refractivity contribution in [1.82, 2.24) is 14.8 Å². The first-order valence-electron chi connectivity index (χ1n) is 8.46. The van der Waals surface area contributed by atoms with Gasteiger partial charge in [0.05, 0.1) is 38.5 Å². The van der Waals surface area contributed by atoms with Crippen molar-refractivity contribution >= 4 is 8.32 Å². The smallest absolute Gasteiger partial charge is 0.192 e. The Morgan fingerprint density at radius 2 is 2.12 bits per heavy atom. The van der Waals surface area contributed by atoms with Crippen LogP contribution in [0, 0.1) is 0 Å². The summed E-state index contributed by atoms with van der Waals surface area (Å²) < 4.78 is 18.9. The summed E-state index contributed by atoms with van der Waals surface area (Å²) >= 11 is 0. The Kier molecular flexibility index (Phi) is 6.22. The third kappa shape index (κ3) is 4.65. The molecule has 8 heteroatoms. The summed E-state index contributed by atoms with van der Waals surface area (Å²) in [7, 11) is -0.0861. The normalized spacial score (nSPS) is 23.6. The van der Waals surface area contributed by atoms with Gasteiger partial charge in [-0.1, -0.05) is 20.8 Å². The van der Waals surface area contributed by atoms with Crippen LogP contribution in [0.25, 0.3) is 0 Å². The van der Waals surface area contributed by atoms with Gasteiger partial charge in [0.1, 0.15) is 0 Å². The average molecular weight is 357 g/mol. The molecule has 0 amide bonds. The molecule has 0 saturated carbocycles. The zero-order valence-corrected chi connectivity index (χ0v) is 16.8. The van der Waals surface area contributed by atoms with E-state index >= 15 is 0 Å². The summed E-state index contributed by atoms with van der Waals surface area (Å²) in [5, 5.41) is 6.41. The van der Waals surface area contributed by atoms with Crippen LogP contribution in [0.5, 0.6) is 0 Å². The summed E-state index contributed by atoms with van der Waals surface area (Å²) in [6.45, 7) is 13.7. The van der Waals surface area contributed by atoms with Crippen LogP contribution in [-0.2, 0) is 20.4 Å². The van der Waals surface area contributed by atoms with E-state index in [9.17, 15) is 0 Å². The largest absolute Gasteiger partial charge is 0.415 e. The predicted molar refractivity (Wildman–Crippen MR) is 95.8 cm³/mol. The van der Waals surface area contributed by atoms with E-state index in [4.69, 9.17) is 19.7 Å². The lowest BCUT2D eigenvalue weighted by molar-refractivity contribution is -0.183. The number of nitrogens with two attached hydrogens (primary N) is 1. The molecule has 0 aromatic carbocycles. The molecule has 24 heavy (non-hydrogen) atoms. The Bertz CT molecular complexity index is 530. The van der Waals surface area contributed by atoms with E-state index in [1.54, 1.807) is 12.1 Å². The lowest BCUT2D eigenvalue weighted by Gasteiger charge is -2.36. The summed E-state index contributed by atoms with van der Waals surface area (Å²) in [5.41, 5.74) is 1.05. The third-order valence-corrected chi connectivity index (χ3v) is 9.63. The zero-order chi connectivity index (χ0) is 18.0. The predicted octanol–water partition coefficient (Wildman–Crippen LogP) is 2.12. The van der Waals surface area contributed by atoms with Crippen molar-refractivity contribution in [3.63, 3.8) is 0 Å². The molecule has 1 aromatic heterocycles. The van der Waals surface area contributed by atoms with E-state index in [1.165, 1.54) is 0 Å². The fraction of sp³-hybridized carbons (Fsp3) is 0.812. The molecule has 0 spiro atoms. The number of morpholine rings is 1. The van der Waals surface area contributed by atoms with Gasteiger partial charge in [-0.05, 0) is 18.1 Å². The first kappa shape index (κ1) is 19.6. The number of aromatic nitrogens is 2. The van der Waals surface area contributed by atoms with Crippen molar-refractivity contribution < 1.29 is 13.9 Å². The van der Waals surface area contributed by atoms with E-state index in [0.29, 0.717) is 19.8 Å². The molecule has 2 rings (SSSR count). The number of hydrogen-bond donors (Lipinski definition) is 1. The van der Waals surface area contributed by atoms with Crippen LogP contribution in [-0.4, -0.2) is 56.3 Å². The minimum absolute atomic E-state index is 0.00598. The van der Waals surface area contributed by atoms with Gasteiger partial charge in [-0.3, -0.25) is 10.5 Å². The Hall–Kier alpha value is -0.773. The van der Waals surface area contributed by atoms with Crippen LogP contribution in [0.1, 0.15) is 32.4 Å². The second-order valence-corrected chi connectivity index (χ2v) is 12.7. The maximum Gasteiger partial charge on any atom is 0.192 e. The fourth-order valence-electron chi connectivity index (χ4n) is 2.36. The van der Waals surface area contributed by atoms with Gasteiger partial charge in [-0.2, -0.15) is 5.10 Å². The van der Waals surface area contributed by atoms with Crippen LogP contribution in [0.4, 0.5) is 0 Å². The number of nitrogens with zero attached hydrogens (tertiary/aromatic N) is 3. The molecule has 0 aliphatic carbocycles. The number of methoxy groups -OCH3 is 1. The second-order valence-electron chi connectivity index (χ2n) is 7.86. The van der Waals surface area contributed by atoms with Crippen molar-refractivity contribution in [2.24, 2.45) is 5.84 Å². The molecule has 1 aromatic rings. The Labute approximate surface area is 146 Å². The second kappa shape index (κ2) is 7.63. The number of rotatable bonds is 6. The number of hydrogen-bond acceptors (Lipinski definition) is 6. The van der Waals surface area contributed by atoms with Crippen molar-refractivity contribution in [2.45, 2.75) is 57.8 Å². The van der Waals surface area contributed by atoms with Crippen LogP contribution in [0.15, 0.2) is 12.4 Å². The van der Waals surface area contributed by atoms with Gasteiger partial charge < -0.3 is 13.9 Å². The van der Waals surface area contributed by atoms with Crippen LogP contribution >= 0.6 is 0 Å². The van der Waals surface area contributed by atoms with Gasteiger partial charge in [-0.25, -0.2) is 5.01 Å². The molecule has 2 N–H and O–H groups in total. The molecule has 2 heterocycles. The van der Waals surface area contributed by atoms with Crippen LogP contribution in [0.3, 0.4) is 0 Å². The molecule has 1 saturated heterocycles. The van der Waals surface area contributed by atoms with Gasteiger partial charge in [0.25, 0.3) is 0 Å². The lowest BCUT2D eigenvalue weighted by atomic mass is 10.1. The van der Waals surface area contributed by atoms with E-state index in [1.807, 2.05) is 17.1 Å². The summed E-state index contributed by atoms with van der Waals surface area (Å²) in [6, 6.07) is 0.00598. The Balaban J connectivity index is 1.88. The fourth-order valence-corrected chi connectivity index (χ4v) is 3.40. The highest BCUT2D eigenvalue weighted by Gasteiger charge is 2.37. The molecule has 138 valence electrons. The van der Waals surface area contributed by atoms with Gasteiger partial charge in [-0.15, -0.1) is 0 Å². The topological polar surface area (TPSA) is 74.8 Å². The molecule has 7 nitrogen and oxygen atoms in total. The van der Waals surface area contributed by atoms with Gasteiger partial charge in [0, 0.05) is 18.9 Å². The molecule has 2 unspecified atom stereocenters. The van der Waals surface area contributed by atoms with Crippen LogP contribution in [0.2, 0.25) is 18.1 Å². The van der Waals surface area contributed by atoms with Crippen molar-refractivity contribution in [1.29, 1.82) is 0 Å². The molecule has 2 atom stereocenters. The van der Waals surface area contributed by atoms with Gasteiger partial charge in [0.2, 0.25) is 0 Å². The Morgan fingerprint density at radius 1 is 1.42 bits per heavy atom. The maximum absolute atomic E-state index is 6.20. The van der Waals surface area contributed by atoms with Crippen LogP contribution < -0.4 is 5.84 Å². The van der Waals surface area contributed by atoms with Crippen molar-refractivity contribution in [3.05, 3.63) is 18.0 Å². The molecule has 1 aliphatic heterocycles. The van der Waals surface area contributed by atoms with E-state index in [2.05, 4.69) is 39.0 Å². The molecular weight excluding hydrogens is 324 g/mol. The van der Waals surface area contributed by atoms with Gasteiger partial charge in [0.15, 0.2) is 14.6 Å². The standard InChI is InChI=1S/C16H32N4O3Si/c1-16(2,3)24(5,6)23-8-7-19-10-13(9-18-19)14-12-22-15(21-4)11-20(14)17/h9-10,14-15H,7-8,11-12,17H2,1-6H3. The highest BCUT2D eigenvalue weighted by Crippen LogP contribution is 2.36. The molecule has 1 aliphatic rings. The summed E-state index contributed by atoms with van der Waals surface area (Å²) in [5.74, 6) is 6.11. The average Bonchev–Trinajstić information content (AvgIpc) is 2.94. The minimum Gasteiger partial charge on any atom is -0.415 e. The number of hydrazine groups is 1. The highest BCUT2D eigenvalue weighted by molar-refractivity contribution is 6.74. The van der Waals surface area contributed by atoms with Crippen molar-refractivity contribution in [3.8, 4) is 0 Å². The summed E-state index contributed by atoms with van der Waals surface area (Å²) in [4.78, 5) is 0. The molecule has 1 fully saturated rings. The first-order chi connectivity index (χ1) is 11.1. The lowest BCUT2D eigenvalue weighted by Crippen LogP contribution is -2.48. The van der Waals surface area contributed by atoms with E-state index in [-0.39, 0.29) is 17.4 Å². The highest BCUT2D eigenvalue weighted by atomic mass is 28.4. The zero-order valence-electron chi connectivity index (χ0n) is 15.8. The summed E-state index contributed by atoms with van der Waals surface area (Å²) in [6.07, 6.45) is 3.61. The van der Waals surface area contributed by atoms with Gasteiger partial charge >= 0.3 is 0 Å². The quantitative estimate of drug-likeness (QED) is 0.622. The molecule has 0 radical (unpaired) electrons. The monoisotopic (exact) mass is 356 g/mol. The van der Waals surface area contributed by atoms with E-state index < -0.39 is 8.32 Å². The minimum atomic E-state index is -1.71. The molecule has 0 bridgehead atoms. The third-order valence-electron chi connectivity index (χ3n) is 5.09. The van der Waals surface area contributed by atoms with Crippen molar-refractivity contribution in [2.75, 3.05) is 26.9 Å².